The highest BCUT2D eigenvalue weighted by Crippen LogP contribution is 2.19. The molecule has 1 aromatic carbocycles. The average molecular weight is 358 g/mol. The highest BCUT2D eigenvalue weighted by atomic mass is 19.3. The number of aliphatic carboxylic acids is 1. The summed E-state index contributed by atoms with van der Waals surface area (Å²) in [5, 5.41) is 13.6. The molecular weight excluding hydrogens is 338 g/mol. The predicted octanol–water partition coefficient (Wildman–Crippen LogP) is 1.78. The molecule has 2 amide bonds. The molecule has 0 radical (unpaired) electrons. The lowest BCUT2D eigenvalue weighted by molar-refractivity contribution is -0.141. The lowest BCUT2D eigenvalue weighted by atomic mass is 10.1. The Bertz CT molecular complexity index is 610. The van der Waals surface area contributed by atoms with Crippen molar-refractivity contribution in [2.75, 3.05) is 6.54 Å². The third-order valence-electron chi connectivity index (χ3n) is 3.24. The minimum absolute atomic E-state index is 0.156. The van der Waals surface area contributed by atoms with Crippen molar-refractivity contribution in [1.82, 2.24) is 10.6 Å². The largest absolute Gasteiger partial charge is 0.480 e. The number of carbonyl (C=O) groups is 3. The van der Waals surface area contributed by atoms with Gasteiger partial charge in [0.2, 0.25) is 5.91 Å². The van der Waals surface area contributed by atoms with Crippen LogP contribution >= 0.6 is 0 Å². The lowest BCUT2D eigenvalue weighted by Gasteiger charge is -2.15. The highest BCUT2D eigenvalue weighted by Gasteiger charge is 2.20. The van der Waals surface area contributed by atoms with Gasteiger partial charge in [-0.15, -0.1) is 0 Å². The van der Waals surface area contributed by atoms with Crippen LogP contribution in [0.5, 0.6) is 5.75 Å². The number of ether oxygens (including phenoxy) is 1. The summed E-state index contributed by atoms with van der Waals surface area (Å²) in [7, 11) is 0. The molecule has 7 nitrogen and oxygen atoms in total. The Morgan fingerprint density at radius 3 is 2.52 bits per heavy atom. The van der Waals surface area contributed by atoms with Gasteiger partial charge in [-0.25, -0.2) is 4.79 Å². The van der Waals surface area contributed by atoms with Gasteiger partial charge in [0, 0.05) is 0 Å². The molecule has 1 unspecified atom stereocenters. The van der Waals surface area contributed by atoms with Crippen molar-refractivity contribution in [3.05, 3.63) is 29.8 Å². The highest BCUT2D eigenvalue weighted by molar-refractivity contribution is 5.99. The van der Waals surface area contributed by atoms with E-state index >= 15 is 0 Å². The SMILES string of the molecule is CCCCC(NC(=O)CNC(=O)c1ccccc1OC(F)F)C(=O)O. The van der Waals surface area contributed by atoms with Gasteiger partial charge in [-0.2, -0.15) is 8.78 Å². The zero-order valence-electron chi connectivity index (χ0n) is 13.6. The number of para-hydroxylation sites is 1. The number of carbonyl (C=O) groups excluding carboxylic acids is 2. The molecule has 0 aliphatic heterocycles. The Morgan fingerprint density at radius 2 is 1.92 bits per heavy atom. The number of carboxylic acid groups (broad SMARTS) is 1. The third kappa shape index (κ3) is 7.15. The molecule has 25 heavy (non-hydrogen) atoms. The van der Waals surface area contributed by atoms with E-state index in [1.54, 1.807) is 0 Å². The number of halogens is 2. The van der Waals surface area contributed by atoms with Crippen molar-refractivity contribution in [1.29, 1.82) is 0 Å². The summed E-state index contributed by atoms with van der Waals surface area (Å²) in [5.41, 5.74) is -0.156. The van der Waals surface area contributed by atoms with E-state index in [2.05, 4.69) is 15.4 Å². The smallest absolute Gasteiger partial charge is 0.387 e. The van der Waals surface area contributed by atoms with Crippen LogP contribution in [0.3, 0.4) is 0 Å². The number of nitrogens with one attached hydrogen (secondary N) is 2. The van der Waals surface area contributed by atoms with Gasteiger partial charge in [0.1, 0.15) is 11.8 Å². The maximum absolute atomic E-state index is 12.3. The second kappa shape index (κ2) is 10.2. The first kappa shape index (κ1) is 20.3. The van der Waals surface area contributed by atoms with Gasteiger partial charge < -0.3 is 20.5 Å². The summed E-state index contributed by atoms with van der Waals surface area (Å²) in [4.78, 5) is 34.8. The molecule has 0 spiro atoms. The summed E-state index contributed by atoms with van der Waals surface area (Å²) in [5.74, 6) is -2.96. The van der Waals surface area contributed by atoms with Gasteiger partial charge in [0.05, 0.1) is 12.1 Å². The second-order valence-electron chi connectivity index (χ2n) is 5.16. The predicted molar refractivity (Wildman–Crippen MR) is 84.5 cm³/mol. The van der Waals surface area contributed by atoms with Gasteiger partial charge in [-0.05, 0) is 18.6 Å². The second-order valence-corrected chi connectivity index (χ2v) is 5.16. The zero-order chi connectivity index (χ0) is 18.8. The van der Waals surface area contributed by atoms with Crippen LogP contribution in [-0.2, 0) is 9.59 Å². The van der Waals surface area contributed by atoms with Crippen molar-refractivity contribution >= 4 is 17.8 Å². The van der Waals surface area contributed by atoms with Crippen LogP contribution in [0.15, 0.2) is 24.3 Å². The van der Waals surface area contributed by atoms with E-state index in [-0.39, 0.29) is 17.7 Å². The van der Waals surface area contributed by atoms with Crippen molar-refractivity contribution in [3.63, 3.8) is 0 Å². The Balaban J connectivity index is 2.61. The van der Waals surface area contributed by atoms with E-state index in [0.717, 1.165) is 6.42 Å². The van der Waals surface area contributed by atoms with E-state index in [1.807, 2.05) is 6.92 Å². The Hall–Kier alpha value is -2.71. The fourth-order valence-corrected chi connectivity index (χ4v) is 2.02. The van der Waals surface area contributed by atoms with Crippen LogP contribution in [0, 0.1) is 0 Å². The van der Waals surface area contributed by atoms with Crippen LogP contribution < -0.4 is 15.4 Å². The van der Waals surface area contributed by atoms with Gasteiger partial charge in [0.25, 0.3) is 5.91 Å². The number of amides is 2. The number of hydrogen-bond donors (Lipinski definition) is 3. The fraction of sp³-hybridized carbons (Fsp3) is 0.438. The Kier molecular flexibility index (Phi) is 8.31. The third-order valence-corrected chi connectivity index (χ3v) is 3.24. The first-order chi connectivity index (χ1) is 11.8. The number of unbranched alkanes of at least 4 members (excludes halogenated alkanes) is 1. The van der Waals surface area contributed by atoms with Crippen molar-refractivity contribution in [2.24, 2.45) is 0 Å². The maximum Gasteiger partial charge on any atom is 0.387 e. The molecule has 3 N–H and O–H groups in total. The van der Waals surface area contributed by atoms with Gasteiger partial charge in [-0.3, -0.25) is 9.59 Å². The summed E-state index contributed by atoms with van der Waals surface area (Å²) in [6, 6.07) is 4.31. The first-order valence-corrected chi connectivity index (χ1v) is 7.69. The van der Waals surface area contributed by atoms with Gasteiger partial charge >= 0.3 is 12.6 Å². The molecule has 0 aromatic heterocycles. The summed E-state index contributed by atoms with van der Waals surface area (Å²) < 4.78 is 28.9. The van der Waals surface area contributed by atoms with Crippen LogP contribution in [0.1, 0.15) is 36.5 Å². The van der Waals surface area contributed by atoms with Crippen LogP contribution in [-0.4, -0.2) is 42.1 Å². The standard InChI is InChI=1S/C16H20F2N2O5/c1-2-3-7-11(15(23)24)20-13(21)9-19-14(22)10-6-4-5-8-12(10)25-16(17)18/h4-6,8,11,16H,2-3,7,9H2,1H3,(H,19,22)(H,20,21)(H,23,24). The molecule has 1 aromatic rings. The quantitative estimate of drug-likeness (QED) is 0.591. The van der Waals surface area contributed by atoms with Crippen LogP contribution in [0.4, 0.5) is 8.78 Å². The summed E-state index contributed by atoms with van der Waals surface area (Å²) in [6.45, 7) is -1.69. The van der Waals surface area contributed by atoms with Crippen LogP contribution in [0.2, 0.25) is 0 Å². The lowest BCUT2D eigenvalue weighted by Crippen LogP contribution is -2.45. The molecule has 0 fully saturated rings. The molecule has 0 aliphatic rings. The van der Waals surface area contributed by atoms with E-state index in [4.69, 9.17) is 5.11 Å². The zero-order valence-corrected chi connectivity index (χ0v) is 13.6. The molecule has 0 heterocycles. The molecular formula is C16H20F2N2O5. The molecule has 0 saturated carbocycles. The van der Waals surface area contributed by atoms with E-state index in [9.17, 15) is 23.2 Å². The minimum atomic E-state index is -3.09. The van der Waals surface area contributed by atoms with Crippen molar-refractivity contribution in [2.45, 2.75) is 38.8 Å². The van der Waals surface area contributed by atoms with E-state index in [1.165, 1.54) is 24.3 Å². The number of carboxylic acids is 1. The molecule has 1 rings (SSSR count). The maximum atomic E-state index is 12.3. The minimum Gasteiger partial charge on any atom is -0.480 e. The topological polar surface area (TPSA) is 105 Å². The number of rotatable bonds is 10. The molecule has 138 valence electrons. The van der Waals surface area contributed by atoms with E-state index in [0.29, 0.717) is 6.42 Å². The average Bonchev–Trinajstić information content (AvgIpc) is 2.56. The normalized spacial score (nSPS) is 11.7. The number of benzene rings is 1. The number of hydrogen-bond acceptors (Lipinski definition) is 4. The molecule has 0 bridgehead atoms. The molecule has 0 aliphatic carbocycles. The summed E-state index contributed by atoms with van der Waals surface area (Å²) in [6.07, 6.45) is 1.68. The monoisotopic (exact) mass is 358 g/mol. The molecule has 0 saturated heterocycles. The van der Waals surface area contributed by atoms with Crippen molar-refractivity contribution < 1.29 is 33.0 Å². The van der Waals surface area contributed by atoms with Crippen LogP contribution in [0.25, 0.3) is 0 Å². The fourth-order valence-electron chi connectivity index (χ4n) is 2.02. The van der Waals surface area contributed by atoms with E-state index < -0.39 is 37.0 Å². The summed E-state index contributed by atoms with van der Waals surface area (Å²) >= 11 is 0. The van der Waals surface area contributed by atoms with Gasteiger partial charge in [0.15, 0.2) is 0 Å². The Morgan fingerprint density at radius 1 is 1.24 bits per heavy atom. The molecule has 9 heteroatoms. The first-order valence-electron chi connectivity index (χ1n) is 7.69. The Labute approximate surface area is 143 Å². The van der Waals surface area contributed by atoms with Crippen molar-refractivity contribution in [3.8, 4) is 5.75 Å². The number of alkyl halides is 2. The molecule has 1 atom stereocenters. The van der Waals surface area contributed by atoms with Gasteiger partial charge in [-0.1, -0.05) is 31.9 Å².